The van der Waals surface area contributed by atoms with Gasteiger partial charge in [-0.2, -0.15) is 0 Å². The van der Waals surface area contributed by atoms with E-state index in [1.165, 1.54) is 11.3 Å². The second-order valence-corrected chi connectivity index (χ2v) is 7.33. The highest BCUT2D eigenvalue weighted by Crippen LogP contribution is 2.17. The van der Waals surface area contributed by atoms with Gasteiger partial charge in [-0.05, 0) is 30.2 Å². The third-order valence-corrected chi connectivity index (χ3v) is 5.02. The third kappa shape index (κ3) is 5.88. The number of aromatic nitrogens is 1. The van der Waals surface area contributed by atoms with Crippen LogP contribution >= 0.6 is 11.3 Å². The largest absolute Gasteiger partial charge is 0.387 e. The number of carbonyl (C=O) groups is 1. The third-order valence-electron chi connectivity index (χ3n) is 4.30. The predicted molar refractivity (Wildman–Crippen MR) is 113 cm³/mol. The van der Waals surface area contributed by atoms with E-state index in [1.54, 1.807) is 5.38 Å². The van der Waals surface area contributed by atoms with Gasteiger partial charge in [0, 0.05) is 17.6 Å². The number of amides is 1. The smallest absolute Gasteiger partial charge is 0.230 e. The van der Waals surface area contributed by atoms with Crippen molar-refractivity contribution in [3.05, 3.63) is 76.8 Å². The van der Waals surface area contributed by atoms with Gasteiger partial charge >= 0.3 is 0 Å². The van der Waals surface area contributed by atoms with E-state index in [-0.39, 0.29) is 12.3 Å². The van der Waals surface area contributed by atoms with Crippen LogP contribution in [-0.4, -0.2) is 29.1 Å². The molecule has 1 heterocycles. The molecular weight excluding hydrogens is 372 g/mol. The molecule has 6 nitrogen and oxygen atoms in total. The molecule has 28 heavy (non-hydrogen) atoms. The van der Waals surface area contributed by atoms with Gasteiger partial charge in [0.25, 0.3) is 0 Å². The van der Waals surface area contributed by atoms with Gasteiger partial charge in [0.1, 0.15) is 0 Å². The number of hydrogen-bond acceptors (Lipinski definition) is 6. The zero-order chi connectivity index (χ0) is 19.8. The molecule has 2 aromatic carbocycles. The molecule has 0 aliphatic rings. The molecule has 0 spiro atoms. The molecule has 146 valence electrons. The van der Waals surface area contributed by atoms with Gasteiger partial charge in [0.15, 0.2) is 5.13 Å². The molecule has 0 aliphatic heterocycles. The van der Waals surface area contributed by atoms with E-state index in [4.69, 9.17) is 5.73 Å². The first-order valence-corrected chi connectivity index (χ1v) is 10.0. The number of nitrogens with two attached hydrogens (primary N) is 1. The summed E-state index contributed by atoms with van der Waals surface area (Å²) in [6.07, 6.45) is 0.396. The van der Waals surface area contributed by atoms with Gasteiger partial charge in [-0.15, -0.1) is 11.3 Å². The molecule has 1 aromatic heterocycles. The Morgan fingerprint density at radius 1 is 1.14 bits per heavy atom. The molecule has 1 atom stereocenters. The monoisotopic (exact) mass is 396 g/mol. The van der Waals surface area contributed by atoms with Crippen molar-refractivity contribution in [3.63, 3.8) is 0 Å². The summed E-state index contributed by atoms with van der Waals surface area (Å²) in [7, 11) is 0. The van der Waals surface area contributed by atoms with Gasteiger partial charge in [-0.3, -0.25) is 4.79 Å². The van der Waals surface area contributed by atoms with Gasteiger partial charge < -0.3 is 21.5 Å². The summed E-state index contributed by atoms with van der Waals surface area (Å²) in [4.78, 5) is 16.4. The SMILES string of the molecule is Nc1nc(CC(=O)Nc2ccccc2CCNC[C@@H](O)c2ccccc2)cs1. The average molecular weight is 397 g/mol. The highest BCUT2D eigenvalue weighted by Gasteiger charge is 2.10. The summed E-state index contributed by atoms with van der Waals surface area (Å²) >= 11 is 1.33. The van der Waals surface area contributed by atoms with E-state index in [1.807, 2.05) is 54.6 Å². The topological polar surface area (TPSA) is 100 Å². The lowest BCUT2D eigenvalue weighted by atomic mass is 10.1. The molecule has 1 amide bonds. The molecule has 0 bridgehead atoms. The first-order valence-electron chi connectivity index (χ1n) is 9.13. The van der Waals surface area contributed by atoms with Crippen LogP contribution in [0.3, 0.4) is 0 Å². The molecule has 5 N–H and O–H groups in total. The number of hydrogen-bond donors (Lipinski definition) is 4. The van der Waals surface area contributed by atoms with E-state index in [0.717, 1.165) is 23.2 Å². The zero-order valence-corrected chi connectivity index (χ0v) is 16.3. The van der Waals surface area contributed by atoms with Crippen molar-refractivity contribution in [3.8, 4) is 0 Å². The molecule has 3 rings (SSSR count). The average Bonchev–Trinajstić information content (AvgIpc) is 3.11. The Balaban J connectivity index is 1.49. The molecule has 0 fully saturated rings. The minimum Gasteiger partial charge on any atom is -0.387 e. The number of nitrogens with zero attached hydrogens (tertiary/aromatic N) is 1. The van der Waals surface area contributed by atoms with Crippen LogP contribution in [0.1, 0.15) is 22.9 Å². The number of aliphatic hydroxyl groups is 1. The summed E-state index contributed by atoms with van der Waals surface area (Å²) in [5, 5.41) is 18.7. The fourth-order valence-corrected chi connectivity index (χ4v) is 3.44. The summed E-state index contributed by atoms with van der Waals surface area (Å²) in [6, 6.07) is 17.3. The van der Waals surface area contributed by atoms with Gasteiger partial charge in [-0.25, -0.2) is 4.98 Å². The van der Waals surface area contributed by atoms with Crippen LogP contribution in [0.5, 0.6) is 0 Å². The number of nitrogen functional groups attached to an aromatic ring is 1. The Hall–Kier alpha value is -2.74. The lowest BCUT2D eigenvalue weighted by Crippen LogP contribution is -2.24. The molecular formula is C21H24N4O2S. The van der Waals surface area contributed by atoms with Crippen molar-refractivity contribution in [2.45, 2.75) is 18.9 Å². The second-order valence-electron chi connectivity index (χ2n) is 6.44. The number of nitrogens with one attached hydrogen (secondary N) is 2. The number of aliphatic hydroxyl groups excluding tert-OH is 1. The standard InChI is InChI=1S/C21H24N4O2S/c22-21-24-17(14-28-21)12-20(27)25-18-9-5-4-6-15(18)10-11-23-13-19(26)16-7-2-1-3-8-16/h1-9,14,19,23,26H,10-13H2,(H2,22,24)(H,25,27)/t19-/m1/s1. The molecule has 0 radical (unpaired) electrons. The van der Waals surface area contributed by atoms with Gasteiger partial charge in [0.05, 0.1) is 18.2 Å². The molecule has 0 unspecified atom stereocenters. The number of anilines is 2. The van der Waals surface area contributed by atoms with Crippen LogP contribution in [0.25, 0.3) is 0 Å². The van der Waals surface area contributed by atoms with Crippen molar-refractivity contribution < 1.29 is 9.90 Å². The van der Waals surface area contributed by atoms with Crippen molar-refractivity contribution in [1.29, 1.82) is 0 Å². The van der Waals surface area contributed by atoms with Crippen molar-refractivity contribution >= 4 is 28.1 Å². The number of rotatable bonds is 9. The van der Waals surface area contributed by atoms with E-state index in [2.05, 4.69) is 15.6 Å². The van der Waals surface area contributed by atoms with Crippen molar-refractivity contribution in [2.75, 3.05) is 24.1 Å². The summed E-state index contributed by atoms with van der Waals surface area (Å²) < 4.78 is 0. The van der Waals surface area contributed by atoms with Crippen molar-refractivity contribution in [1.82, 2.24) is 10.3 Å². The lowest BCUT2D eigenvalue weighted by molar-refractivity contribution is -0.115. The number of thiazole rings is 1. The minimum atomic E-state index is -0.540. The van der Waals surface area contributed by atoms with Crippen LogP contribution in [0.4, 0.5) is 10.8 Å². The Bertz CT molecular complexity index is 898. The van der Waals surface area contributed by atoms with E-state index >= 15 is 0 Å². The maximum absolute atomic E-state index is 12.3. The minimum absolute atomic E-state index is 0.120. The van der Waals surface area contributed by atoms with Crippen LogP contribution in [0.2, 0.25) is 0 Å². The quantitative estimate of drug-likeness (QED) is 0.417. The fourth-order valence-electron chi connectivity index (χ4n) is 2.88. The van der Waals surface area contributed by atoms with Gasteiger partial charge in [0.2, 0.25) is 5.91 Å². The van der Waals surface area contributed by atoms with Gasteiger partial charge in [-0.1, -0.05) is 48.5 Å². The molecule has 3 aromatic rings. The molecule has 7 heteroatoms. The Kier molecular flexibility index (Phi) is 7.13. The van der Waals surface area contributed by atoms with E-state index < -0.39 is 6.10 Å². The Morgan fingerprint density at radius 3 is 2.64 bits per heavy atom. The predicted octanol–water partition coefficient (Wildman–Crippen LogP) is 2.77. The number of carbonyl (C=O) groups excluding carboxylic acids is 1. The van der Waals surface area contributed by atoms with Crippen LogP contribution in [-0.2, 0) is 17.6 Å². The summed E-state index contributed by atoms with van der Waals surface area (Å²) in [6.45, 7) is 1.17. The van der Waals surface area contributed by atoms with E-state index in [0.29, 0.717) is 23.9 Å². The second kappa shape index (κ2) is 9.98. The molecule has 0 saturated carbocycles. The van der Waals surface area contributed by atoms with Crippen LogP contribution in [0, 0.1) is 0 Å². The highest BCUT2D eigenvalue weighted by atomic mass is 32.1. The fraction of sp³-hybridized carbons (Fsp3) is 0.238. The normalized spacial score (nSPS) is 11.9. The maximum Gasteiger partial charge on any atom is 0.230 e. The highest BCUT2D eigenvalue weighted by molar-refractivity contribution is 7.13. The molecule has 0 saturated heterocycles. The first-order chi connectivity index (χ1) is 13.6. The van der Waals surface area contributed by atoms with Crippen LogP contribution < -0.4 is 16.4 Å². The number of benzene rings is 2. The Labute approximate surface area is 168 Å². The lowest BCUT2D eigenvalue weighted by Gasteiger charge is -2.14. The summed E-state index contributed by atoms with van der Waals surface area (Å²) in [5.74, 6) is -0.120. The first kappa shape index (κ1) is 20.0. The Morgan fingerprint density at radius 2 is 1.89 bits per heavy atom. The number of para-hydroxylation sites is 1. The van der Waals surface area contributed by atoms with Crippen molar-refractivity contribution in [2.24, 2.45) is 0 Å². The molecule has 0 aliphatic carbocycles. The maximum atomic E-state index is 12.3. The summed E-state index contributed by atoms with van der Waals surface area (Å²) in [5.41, 5.74) is 9.01. The van der Waals surface area contributed by atoms with Crippen LogP contribution in [0.15, 0.2) is 60.0 Å². The zero-order valence-electron chi connectivity index (χ0n) is 15.5. The van der Waals surface area contributed by atoms with E-state index in [9.17, 15) is 9.90 Å².